The Morgan fingerprint density at radius 2 is 1.86 bits per heavy atom. The van der Waals surface area contributed by atoms with Crippen LogP contribution in [0.2, 0.25) is 0 Å². The summed E-state index contributed by atoms with van der Waals surface area (Å²) < 4.78 is 0. The summed E-state index contributed by atoms with van der Waals surface area (Å²) in [4.78, 5) is 6.50. The van der Waals surface area contributed by atoms with Crippen molar-refractivity contribution in [3.63, 3.8) is 0 Å². The average molecular weight is 278 g/mol. The van der Waals surface area contributed by atoms with Crippen molar-refractivity contribution < 1.29 is 0 Å². The predicted octanol–water partition coefficient (Wildman–Crippen LogP) is 3.63. The third-order valence-corrected chi connectivity index (χ3v) is 3.45. The number of nitrogens with zero attached hydrogens (tertiary/aromatic N) is 2. The molecule has 3 rings (SSSR count). The molecule has 1 aromatic heterocycles. The van der Waals surface area contributed by atoms with Crippen molar-refractivity contribution in [3.8, 4) is 0 Å². The summed E-state index contributed by atoms with van der Waals surface area (Å²) in [5.41, 5.74) is 8.95. The second-order valence-corrected chi connectivity index (χ2v) is 5.17. The summed E-state index contributed by atoms with van der Waals surface area (Å²) in [6.07, 6.45) is 1.79. The Labute approximate surface area is 124 Å². The molecule has 0 saturated heterocycles. The highest BCUT2D eigenvalue weighted by Crippen LogP contribution is 2.29. The molecule has 0 spiro atoms. The maximum atomic E-state index is 6.10. The van der Waals surface area contributed by atoms with Gasteiger partial charge >= 0.3 is 0 Å². The number of nitrogens with one attached hydrogen (secondary N) is 1. The predicted molar refractivity (Wildman–Crippen MR) is 90.2 cm³/mol. The first-order valence-corrected chi connectivity index (χ1v) is 6.83. The van der Waals surface area contributed by atoms with Crippen LogP contribution in [0.3, 0.4) is 0 Å². The maximum Gasteiger partial charge on any atom is 0.140 e. The lowest BCUT2D eigenvalue weighted by atomic mass is 10.1. The van der Waals surface area contributed by atoms with Crippen LogP contribution in [0.25, 0.3) is 10.8 Å². The highest BCUT2D eigenvalue weighted by Gasteiger charge is 2.06. The first kappa shape index (κ1) is 13.2. The Balaban J connectivity index is 2.04. The minimum Gasteiger partial charge on any atom is -0.398 e. The molecule has 21 heavy (non-hydrogen) atoms. The Morgan fingerprint density at radius 3 is 2.67 bits per heavy atom. The van der Waals surface area contributed by atoms with Crippen molar-refractivity contribution in [2.24, 2.45) is 0 Å². The highest BCUT2D eigenvalue weighted by atomic mass is 15.1. The van der Waals surface area contributed by atoms with Gasteiger partial charge in [0.1, 0.15) is 5.82 Å². The minimum atomic E-state index is 0.729. The second kappa shape index (κ2) is 5.32. The molecule has 0 unspecified atom stereocenters. The van der Waals surface area contributed by atoms with E-state index in [0.717, 1.165) is 33.7 Å². The summed E-state index contributed by atoms with van der Waals surface area (Å²) in [6, 6.07) is 16.0. The van der Waals surface area contributed by atoms with Crippen molar-refractivity contribution in [2.45, 2.75) is 0 Å². The molecule has 106 valence electrons. The molecule has 0 saturated carbocycles. The summed E-state index contributed by atoms with van der Waals surface area (Å²) in [5, 5.41) is 5.40. The number of anilines is 4. The molecule has 4 nitrogen and oxygen atoms in total. The molecule has 0 fully saturated rings. The zero-order chi connectivity index (χ0) is 14.8. The fourth-order valence-electron chi connectivity index (χ4n) is 2.35. The SMILES string of the molecule is CN(C)c1cccc(Nc2nccc3cccc(N)c23)c1. The van der Waals surface area contributed by atoms with Crippen LogP contribution in [0, 0.1) is 0 Å². The van der Waals surface area contributed by atoms with Gasteiger partial charge in [0.25, 0.3) is 0 Å². The monoisotopic (exact) mass is 278 g/mol. The smallest absolute Gasteiger partial charge is 0.140 e. The number of hydrogen-bond acceptors (Lipinski definition) is 4. The lowest BCUT2D eigenvalue weighted by molar-refractivity contribution is 1.13. The number of hydrogen-bond donors (Lipinski definition) is 2. The normalized spacial score (nSPS) is 10.6. The van der Waals surface area contributed by atoms with Crippen LogP contribution in [-0.4, -0.2) is 19.1 Å². The number of fused-ring (bicyclic) bond motifs is 1. The van der Waals surface area contributed by atoms with Gasteiger partial charge in [0.15, 0.2) is 0 Å². The van der Waals surface area contributed by atoms with Crippen molar-refractivity contribution in [1.29, 1.82) is 0 Å². The van der Waals surface area contributed by atoms with Gasteiger partial charge in [-0.15, -0.1) is 0 Å². The van der Waals surface area contributed by atoms with Gasteiger partial charge < -0.3 is 16.0 Å². The Hall–Kier alpha value is -2.75. The van der Waals surface area contributed by atoms with Gasteiger partial charge in [0.2, 0.25) is 0 Å². The van der Waals surface area contributed by atoms with E-state index < -0.39 is 0 Å². The summed E-state index contributed by atoms with van der Waals surface area (Å²) in [5.74, 6) is 0.779. The number of nitrogen functional groups attached to an aromatic ring is 1. The number of pyridine rings is 1. The van der Waals surface area contributed by atoms with Gasteiger partial charge in [-0.1, -0.05) is 18.2 Å². The van der Waals surface area contributed by atoms with Crippen LogP contribution in [-0.2, 0) is 0 Å². The zero-order valence-electron chi connectivity index (χ0n) is 12.2. The molecule has 0 aliphatic rings. The van der Waals surface area contributed by atoms with E-state index in [1.165, 1.54) is 0 Å². The van der Waals surface area contributed by atoms with E-state index in [2.05, 4.69) is 27.3 Å². The summed E-state index contributed by atoms with van der Waals surface area (Å²) >= 11 is 0. The average Bonchev–Trinajstić information content (AvgIpc) is 2.48. The van der Waals surface area contributed by atoms with Crippen molar-refractivity contribution in [3.05, 3.63) is 54.7 Å². The lowest BCUT2D eigenvalue weighted by Crippen LogP contribution is -2.08. The molecule has 0 amide bonds. The number of nitrogens with two attached hydrogens (primary N) is 1. The van der Waals surface area contributed by atoms with E-state index in [1.807, 2.05) is 50.5 Å². The zero-order valence-corrected chi connectivity index (χ0v) is 12.2. The van der Waals surface area contributed by atoms with E-state index in [4.69, 9.17) is 5.73 Å². The van der Waals surface area contributed by atoms with Crippen molar-refractivity contribution in [1.82, 2.24) is 4.98 Å². The van der Waals surface area contributed by atoms with Gasteiger partial charge in [-0.2, -0.15) is 0 Å². The van der Waals surface area contributed by atoms with Crippen molar-refractivity contribution >= 4 is 33.7 Å². The highest BCUT2D eigenvalue weighted by molar-refractivity contribution is 6.01. The van der Waals surface area contributed by atoms with Gasteiger partial charge in [0, 0.05) is 42.7 Å². The molecule has 2 aromatic carbocycles. The molecule has 0 bridgehead atoms. The quantitative estimate of drug-likeness (QED) is 0.718. The molecule has 0 atom stereocenters. The van der Waals surface area contributed by atoms with Crippen LogP contribution in [0.15, 0.2) is 54.7 Å². The molecular formula is C17H18N4. The largest absolute Gasteiger partial charge is 0.398 e. The second-order valence-electron chi connectivity index (χ2n) is 5.17. The fourth-order valence-corrected chi connectivity index (χ4v) is 2.35. The third-order valence-electron chi connectivity index (χ3n) is 3.45. The third kappa shape index (κ3) is 2.60. The number of aromatic nitrogens is 1. The van der Waals surface area contributed by atoms with Crippen molar-refractivity contribution in [2.75, 3.05) is 30.0 Å². The van der Waals surface area contributed by atoms with E-state index in [-0.39, 0.29) is 0 Å². The first-order valence-electron chi connectivity index (χ1n) is 6.83. The minimum absolute atomic E-state index is 0.729. The van der Waals surface area contributed by atoms with Crippen LogP contribution in [0.4, 0.5) is 22.9 Å². The van der Waals surface area contributed by atoms with Gasteiger partial charge in [0.05, 0.1) is 0 Å². The molecular weight excluding hydrogens is 260 g/mol. The molecule has 3 N–H and O–H groups in total. The molecule has 0 aliphatic heterocycles. The Kier molecular flexibility index (Phi) is 3.36. The first-order chi connectivity index (χ1) is 10.1. The summed E-state index contributed by atoms with van der Waals surface area (Å²) in [6.45, 7) is 0. The van der Waals surface area contributed by atoms with Gasteiger partial charge in [-0.3, -0.25) is 0 Å². The molecule has 0 aliphatic carbocycles. The molecule has 1 heterocycles. The topological polar surface area (TPSA) is 54.2 Å². The molecule has 4 heteroatoms. The van der Waals surface area contributed by atoms with Crippen LogP contribution < -0.4 is 16.0 Å². The molecule has 3 aromatic rings. The van der Waals surface area contributed by atoms with Crippen LogP contribution in [0.1, 0.15) is 0 Å². The number of rotatable bonds is 3. The van der Waals surface area contributed by atoms with Crippen LogP contribution >= 0.6 is 0 Å². The maximum absolute atomic E-state index is 6.10. The van der Waals surface area contributed by atoms with Gasteiger partial charge in [-0.05, 0) is 35.7 Å². The Morgan fingerprint density at radius 1 is 1.05 bits per heavy atom. The van der Waals surface area contributed by atoms with Crippen LogP contribution in [0.5, 0.6) is 0 Å². The standard InChI is InChI=1S/C17H18N4/c1-21(2)14-7-4-6-13(11-14)20-17-16-12(9-10-19-17)5-3-8-15(16)18/h3-11H,18H2,1-2H3,(H,19,20). The van der Waals surface area contributed by atoms with E-state index in [1.54, 1.807) is 6.20 Å². The van der Waals surface area contributed by atoms with Gasteiger partial charge in [-0.25, -0.2) is 4.98 Å². The Bertz CT molecular complexity index is 775. The van der Waals surface area contributed by atoms with E-state index in [9.17, 15) is 0 Å². The number of benzene rings is 2. The van der Waals surface area contributed by atoms with E-state index >= 15 is 0 Å². The fraction of sp³-hybridized carbons (Fsp3) is 0.118. The molecule has 0 radical (unpaired) electrons. The van der Waals surface area contributed by atoms with E-state index in [0.29, 0.717) is 0 Å². The summed E-state index contributed by atoms with van der Waals surface area (Å²) in [7, 11) is 4.04. The lowest BCUT2D eigenvalue weighted by Gasteiger charge is -2.15.